The fourth-order valence-electron chi connectivity index (χ4n) is 3.23. The highest BCUT2D eigenvalue weighted by molar-refractivity contribution is 5.75. The summed E-state index contributed by atoms with van der Waals surface area (Å²) in [5.41, 5.74) is -0.392. The number of aliphatic carboxylic acids is 1. The Kier molecular flexibility index (Phi) is 4.31. The zero-order valence-corrected chi connectivity index (χ0v) is 12.0. The van der Waals surface area contributed by atoms with E-state index < -0.39 is 17.2 Å². The summed E-state index contributed by atoms with van der Waals surface area (Å²) in [5, 5.41) is 9.60. The van der Waals surface area contributed by atoms with Gasteiger partial charge >= 0.3 is 5.97 Å². The summed E-state index contributed by atoms with van der Waals surface area (Å²) >= 11 is 0. The van der Waals surface area contributed by atoms with E-state index in [-0.39, 0.29) is 12.2 Å². The summed E-state index contributed by atoms with van der Waals surface area (Å²) in [7, 11) is 1.41. The number of halogens is 1. The van der Waals surface area contributed by atoms with Crippen molar-refractivity contribution in [3.63, 3.8) is 0 Å². The lowest BCUT2D eigenvalue weighted by Crippen LogP contribution is -2.31. The first-order valence-electron chi connectivity index (χ1n) is 7.07. The zero-order valence-electron chi connectivity index (χ0n) is 12.0. The Balaban J connectivity index is 2.28. The molecule has 0 amide bonds. The molecule has 0 heterocycles. The standard InChI is InChI=1S/C16H21FO3/c1-3-11-7-8-16(9-11,15(18)19)10-12-5-4-6-13(20-2)14(12)17/h4-6,11H,3,7-10H2,1-2H3,(H,18,19). The number of ether oxygens (including phenoxy) is 1. The molecule has 3 nitrogen and oxygen atoms in total. The van der Waals surface area contributed by atoms with Gasteiger partial charge in [0.05, 0.1) is 12.5 Å². The van der Waals surface area contributed by atoms with Crippen molar-refractivity contribution in [1.29, 1.82) is 0 Å². The highest BCUT2D eigenvalue weighted by Crippen LogP contribution is 2.46. The van der Waals surface area contributed by atoms with E-state index in [0.717, 1.165) is 12.8 Å². The molecule has 1 aliphatic carbocycles. The van der Waals surface area contributed by atoms with Gasteiger partial charge in [-0.15, -0.1) is 0 Å². The van der Waals surface area contributed by atoms with Crippen LogP contribution in [0.2, 0.25) is 0 Å². The maximum atomic E-state index is 14.2. The van der Waals surface area contributed by atoms with Gasteiger partial charge in [0.1, 0.15) is 0 Å². The number of carbonyl (C=O) groups is 1. The van der Waals surface area contributed by atoms with Crippen molar-refractivity contribution >= 4 is 5.97 Å². The van der Waals surface area contributed by atoms with Crippen LogP contribution in [0.1, 0.15) is 38.2 Å². The number of methoxy groups -OCH3 is 1. The molecule has 0 bridgehead atoms. The SMILES string of the molecule is CCC1CCC(Cc2cccc(OC)c2F)(C(=O)O)C1. The molecule has 0 spiro atoms. The van der Waals surface area contributed by atoms with Gasteiger partial charge in [0.25, 0.3) is 0 Å². The first-order chi connectivity index (χ1) is 9.52. The molecule has 110 valence electrons. The molecule has 2 atom stereocenters. The molecule has 2 unspecified atom stereocenters. The van der Waals surface area contributed by atoms with Crippen LogP contribution in [0.3, 0.4) is 0 Å². The van der Waals surface area contributed by atoms with Gasteiger partial charge in [-0.25, -0.2) is 4.39 Å². The summed E-state index contributed by atoms with van der Waals surface area (Å²) < 4.78 is 19.2. The first kappa shape index (κ1) is 14.8. The molecule has 0 aliphatic heterocycles. The van der Waals surface area contributed by atoms with E-state index in [2.05, 4.69) is 6.92 Å². The van der Waals surface area contributed by atoms with E-state index in [4.69, 9.17) is 4.74 Å². The highest BCUT2D eigenvalue weighted by atomic mass is 19.1. The number of hydrogen-bond donors (Lipinski definition) is 1. The Labute approximate surface area is 118 Å². The second-order valence-corrected chi connectivity index (χ2v) is 5.71. The fourth-order valence-corrected chi connectivity index (χ4v) is 3.23. The number of hydrogen-bond acceptors (Lipinski definition) is 2. The molecule has 0 saturated heterocycles. The first-order valence-corrected chi connectivity index (χ1v) is 7.07. The third-order valence-electron chi connectivity index (χ3n) is 4.53. The van der Waals surface area contributed by atoms with Gasteiger partial charge in [0, 0.05) is 0 Å². The molecule has 4 heteroatoms. The monoisotopic (exact) mass is 280 g/mol. The van der Waals surface area contributed by atoms with Crippen LogP contribution in [0.25, 0.3) is 0 Å². The molecule has 0 radical (unpaired) electrons. The maximum absolute atomic E-state index is 14.2. The van der Waals surface area contributed by atoms with Crippen molar-refractivity contribution in [2.75, 3.05) is 7.11 Å². The lowest BCUT2D eigenvalue weighted by Gasteiger charge is -2.25. The normalized spacial score (nSPS) is 25.6. The predicted octanol–water partition coefficient (Wildman–Crippen LogP) is 3.66. The van der Waals surface area contributed by atoms with Gasteiger partial charge in [-0.05, 0) is 43.2 Å². The number of carboxylic acids is 1. The minimum atomic E-state index is -0.826. The molecule has 1 fully saturated rings. The van der Waals surface area contributed by atoms with E-state index in [1.807, 2.05) is 0 Å². The molecule has 20 heavy (non-hydrogen) atoms. The highest BCUT2D eigenvalue weighted by Gasteiger charge is 2.45. The molecule has 1 saturated carbocycles. The van der Waals surface area contributed by atoms with Crippen LogP contribution in [0.4, 0.5) is 4.39 Å². The minimum Gasteiger partial charge on any atom is -0.494 e. The topological polar surface area (TPSA) is 46.5 Å². The van der Waals surface area contributed by atoms with Gasteiger partial charge in [-0.3, -0.25) is 4.79 Å². The van der Waals surface area contributed by atoms with Crippen molar-refractivity contribution in [3.8, 4) is 5.75 Å². The molecule has 1 aromatic carbocycles. The Morgan fingerprint density at radius 2 is 2.30 bits per heavy atom. The third-order valence-corrected chi connectivity index (χ3v) is 4.53. The summed E-state index contributed by atoms with van der Waals surface area (Å²) in [5.74, 6) is -0.640. The van der Waals surface area contributed by atoms with Gasteiger partial charge in [0.15, 0.2) is 11.6 Å². The number of carboxylic acid groups (broad SMARTS) is 1. The molecule has 2 rings (SSSR count). The van der Waals surface area contributed by atoms with Crippen molar-refractivity contribution in [1.82, 2.24) is 0 Å². The van der Waals surface area contributed by atoms with Crippen LogP contribution in [0, 0.1) is 17.2 Å². The third kappa shape index (κ3) is 2.65. The lowest BCUT2D eigenvalue weighted by atomic mass is 9.79. The number of rotatable bonds is 5. The summed E-state index contributed by atoms with van der Waals surface area (Å²) in [6.07, 6.45) is 3.39. The molecule has 0 aromatic heterocycles. The smallest absolute Gasteiger partial charge is 0.309 e. The van der Waals surface area contributed by atoms with Gasteiger partial charge < -0.3 is 9.84 Å². The summed E-state index contributed by atoms with van der Waals surface area (Å²) in [6, 6.07) is 4.91. The Hall–Kier alpha value is -1.58. The largest absolute Gasteiger partial charge is 0.494 e. The van der Waals surface area contributed by atoms with Crippen LogP contribution >= 0.6 is 0 Å². The minimum absolute atomic E-state index is 0.174. The molecule has 1 aromatic rings. The van der Waals surface area contributed by atoms with Gasteiger partial charge in [0.2, 0.25) is 0 Å². The number of benzene rings is 1. The molecular formula is C16H21FO3. The lowest BCUT2D eigenvalue weighted by molar-refractivity contribution is -0.148. The van der Waals surface area contributed by atoms with Crippen LogP contribution in [-0.2, 0) is 11.2 Å². The second kappa shape index (κ2) is 5.81. The van der Waals surface area contributed by atoms with E-state index in [1.54, 1.807) is 18.2 Å². The van der Waals surface area contributed by atoms with Crippen LogP contribution in [-0.4, -0.2) is 18.2 Å². The van der Waals surface area contributed by atoms with E-state index in [0.29, 0.717) is 24.3 Å². The van der Waals surface area contributed by atoms with Crippen molar-refractivity contribution in [3.05, 3.63) is 29.6 Å². The fraction of sp³-hybridized carbons (Fsp3) is 0.562. The summed E-state index contributed by atoms with van der Waals surface area (Å²) in [4.78, 5) is 11.7. The van der Waals surface area contributed by atoms with E-state index in [9.17, 15) is 14.3 Å². The molecule has 1 N–H and O–H groups in total. The van der Waals surface area contributed by atoms with Crippen molar-refractivity contribution in [2.24, 2.45) is 11.3 Å². The summed E-state index contributed by atoms with van der Waals surface area (Å²) in [6.45, 7) is 2.08. The zero-order chi connectivity index (χ0) is 14.8. The van der Waals surface area contributed by atoms with Gasteiger partial charge in [-0.2, -0.15) is 0 Å². The van der Waals surface area contributed by atoms with Crippen LogP contribution in [0.15, 0.2) is 18.2 Å². The van der Waals surface area contributed by atoms with E-state index >= 15 is 0 Å². The van der Waals surface area contributed by atoms with Crippen LogP contribution < -0.4 is 4.74 Å². The molecule has 1 aliphatic rings. The quantitative estimate of drug-likeness (QED) is 0.895. The van der Waals surface area contributed by atoms with E-state index in [1.165, 1.54) is 7.11 Å². The van der Waals surface area contributed by atoms with Crippen LogP contribution in [0.5, 0.6) is 5.75 Å². The Bertz CT molecular complexity index is 500. The Morgan fingerprint density at radius 3 is 2.85 bits per heavy atom. The molecular weight excluding hydrogens is 259 g/mol. The van der Waals surface area contributed by atoms with Crippen molar-refractivity contribution < 1.29 is 19.0 Å². The Morgan fingerprint density at radius 1 is 1.55 bits per heavy atom. The van der Waals surface area contributed by atoms with Gasteiger partial charge in [-0.1, -0.05) is 25.5 Å². The average Bonchev–Trinajstić information content (AvgIpc) is 2.86. The maximum Gasteiger partial charge on any atom is 0.309 e. The predicted molar refractivity (Wildman–Crippen MR) is 74.4 cm³/mol. The van der Waals surface area contributed by atoms with Crippen molar-refractivity contribution in [2.45, 2.75) is 39.0 Å². The average molecular weight is 280 g/mol. The second-order valence-electron chi connectivity index (χ2n) is 5.71.